The highest BCUT2D eigenvalue weighted by Gasteiger charge is 2.36. The van der Waals surface area contributed by atoms with Crippen molar-refractivity contribution in [2.75, 3.05) is 13.2 Å². The summed E-state index contributed by atoms with van der Waals surface area (Å²) in [5.41, 5.74) is -0.0748. The summed E-state index contributed by atoms with van der Waals surface area (Å²) in [6.45, 7) is 13.3. The lowest BCUT2D eigenvalue weighted by atomic mass is 9.70. The lowest BCUT2D eigenvalue weighted by Gasteiger charge is -2.32. The van der Waals surface area contributed by atoms with E-state index in [1.165, 1.54) is 115 Å². The van der Waals surface area contributed by atoms with Crippen molar-refractivity contribution >= 4 is 23.5 Å². The fourth-order valence-corrected chi connectivity index (χ4v) is 6.93. The summed E-state index contributed by atoms with van der Waals surface area (Å²) < 4.78 is 10.9. The first kappa shape index (κ1) is 45.8. The number of unbranched alkanes of at least 4 members (excludes halogenated alkanes) is 18. The predicted molar refractivity (Wildman–Crippen MR) is 207 cm³/mol. The molecule has 0 amide bonds. The summed E-state index contributed by atoms with van der Waals surface area (Å²) in [5.74, 6) is -0.666. The Morgan fingerprint density at radius 3 is 1.04 bits per heavy atom. The van der Waals surface area contributed by atoms with Crippen molar-refractivity contribution < 1.29 is 28.7 Å². The van der Waals surface area contributed by atoms with Gasteiger partial charge < -0.3 is 9.47 Å². The lowest BCUT2D eigenvalue weighted by molar-refractivity contribution is -0.144. The summed E-state index contributed by atoms with van der Waals surface area (Å²) in [6, 6.07) is 0. The largest absolute Gasteiger partial charge is 0.466 e. The third kappa shape index (κ3) is 21.2. The Bertz CT molecular complexity index is 951. The van der Waals surface area contributed by atoms with Gasteiger partial charge in [-0.15, -0.1) is 0 Å². The minimum absolute atomic E-state index is 0.142. The van der Waals surface area contributed by atoms with Gasteiger partial charge in [0.2, 0.25) is 0 Å². The SMILES string of the molecule is CCCCCCCCCCCCOC(=O)CCCC(C)(C)C1=CC(=O)C(C(C)(C)CCCC(=O)OCCCCCCCCCCCC)=CC1=O. The molecule has 6 nitrogen and oxygen atoms in total. The fraction of sp³-hybridized carbons (Fsp3) is 0.818. The molecule has 0 radical (unpaired) electrons. The molecule has 0 aliphatic heterocycles. The Morgan fingerprint density at radius 2 is 0.740 bits per heavy atom. The number of allylic oxidation sites excluding steroid dienone is 4. The molecule has 0 saturated carbocycles. The number of ether oxygens (including phenoxy) is 2. The number of carbonyl (C=O) groups excluding carboxylic acids is 4. The standard InChI is InChI=1S/C44H76O6/c1-7-9-11-13-15-17-19-21-23-25-33-49-41(47)29-27-31-43(3,4)37-35-40(46)38(36-39(37)45)44(5,6)32-28-30-42(48)50-34-26-24-22-20-18-16-14-12-10-8-2/h35-36H,7-34H2,1-6H3. The second-order valence-electron chi connectivity index (χ2n) is 16.1. The average Bonchev–Trinajstić information content (AvgIpc) is 3.06. The van der Waals surface area contributed by atoms with Crippen molar-refractivity contribution in [3.8, 4) is 0 Å². The molecule has 0 aromatic heterocycles. The van der Waals surface area contributed by atoms with Crippen LogP contribution in [0.3, 0.4) is 0 Å². The molecule has 50 heavy (non-hydrogen) atoms. The van der Waals surface area contributed by atoms with Gasteiger partial charge in [-0.25, -0.2) is 0 Å². The molecule has 6 heteroatoms. The van der Waals surface area contributed by atoms with E-state index < -0.39 is 10.8 Å². The Hall–Kier alpha value is -2.24. The van der Waals surface area contributed by atoms with E-state index in [-0.39, 0.29) is 23.5 Å². The van der Waals surface area contributed by atoms with Crippen molar-refractivity contribution in [3.05, 3.63) is 23.3 Å². The van der Waals surface area contributed by atoms with Crippen LogP contribution >= 0.6 is 0 Å². The molecule has 0 heterocycles. The summed E-state index contributed by atoms with van der Waals surface area (Å²) in [6.07, 6.45) is 30.9. The van der Waals surface area contributed by atoms with E-state index in [1.807, 2.05) is 27.7 Å². The maximum atomic E-state index is 13.3. The number of carbonyl (C=O) groups is 4. The second kappa shape index (κ2) is 27.4. The third-order valence-corrected chi connectivity index (χ3v) is 10.4. The van der Waals surface area contributed by atoms with Crippen LogP contribution in [0.4, 0.5) is 0 Å². The van der Waals surface area contributed by atoms with E-state index in [0.717, 1.165) is 25.7 Å². The number of ketones is 2. The molecule has 1 rings (SSSR count). The van der Waals surface area contributed by atoms with Gasteiger partial charge in [0, 0.05) is 24.0 Å². The normalized spacial score (nSPS) is 13.7. The molecule has 0 spiro atoms. The minimum Gasteiger partial charge on any atom is -0.466 e. The third-order valence-electron chi connectivity index (χ3n) is 10.4. The lowest BCUT2D eigenvalue weighted by Crippen LogP contribution is -2.30. The molecule has 0 N–H and O–H groups in total. The Labute approximate surface area is 307 Å². The van der Waals surface area contributed by atoms with Crippen LogP contribution in [0.2, 0.25) is 0 Å². The maximum Gasteiger partial charge on any atom is 0.305 e. The van der Waals surface area contributed by atoms with Gasteiger partial charge in [-0.2, -0.15) is 0 Å². The number of hydrogen-bond donors (Lipinski definition) is 0. The number of hydrogen-bond acceptors (Lipinski definition) is 6. The monoisotopic (exact) mass is 701 g/mol. The van der Waals surface area contributed by atoms with E-state index in [2.05, 4.69) is 13.8 Å². The molecule has 0 aromatic rings. The quantitative estimate of drug-likeness (QED) is 0.0394. The fourth-order valence-electron chi connectivity index (χ4n) is 6.93. The molecule has 0 fully saturated rings. The summed E-state index contributed by atoms with van der Waals surface area (Å²) in [4.78, 5) is 51.2. The van der Waals surface area contributed by atoms with Gasteiger partial charge in [0.1, 0.15) is 0 Å². The predicted octanol–water partition coefficient (Wildman–Crippen LogP) is 12.3. The molecule has 0 unspecified atom stereocenters. The first-order valence-corrected chi connectivity index (χ1v) is 20.8. The Balaban J connectivity index is 2.29. The van der Waals surface area contributed by atoms with Crippen LogP contribution in [0.5, 0.6) is 0 Å². The first-order valence-electron chi connectivity index (χ1n) is 20.8. The molecule has 0 atom stereocenters. The zero-order valence-corrected chi connectivity index (χ0v) is 33.4. The summed E-state index contributed by atoms with van der Waals surface area (Å²) >= 11 is 0. The van der Waals surface area contributed by atoms with Gasteiger partial charge in [-0.3, -0.25) is 19.2 Å². The zero-order chi connectivity index (χ0) is 37.1. The Morgan fingerprint density at radius 1 is 0.460 bits per heavy atom. The Kier molecular flexibility index (Phi) is 25.1. The van der Waals surface area contributed by atoms with Crippen molar-refractivity contribution in [1.82, 2.24) is 0 Å². The highest BCUT2D eigenvalue weighted by Crippen LogP contribution is 2.40. The first-order chi connectivity index (χ1) is 23.9. The summed E-state index contributed by atoms with van der Waals surface area (Å²) in [7, 11) is 0. The molecule has 288 valence electrons. The van der Waals surface area contributed by atoms with Gasteiger partial charge in [0.25, 0.3) is 0 Å². The van der Waals surface area contributed by atoms with Crippen molar-refractivity contribution in [2.45, 2.75) is 208 Å². The highest BCUT2D eigenvalue weighted by molar-refractivity contribution is 6.20. The van der Waals surface area contributed by atoms with E-state index >= 15 is 0 Å². The average molecular weight is 701 g/mol. The van der Waals surface area contributed by atoms with E-state index in [4.69, 9.17) is 9.47 Å². The zero-order valence-electron chi connectivity index (χ0n) is 33.4. The van der Waals surface area contributed by atoms with Gasteiger partial charge in [0.15, 0.2) is 11.6 Å². The molecular weight excluding hydrogens is 624 g/mol. The smallest absolute Gasteiger partial charge is 0.305 e. The van der Waals surface area contributed by atoms with Crippen LogP contribution in [0, 0.1) is 10.8 Å². The van der Waals surface area contributed by atoms with Crippen molar-refractivity contribution in [1.29, 1.82) is 0 Å². The van der Waals surface area contributed by atoms with Gasteiger partial charge >= 0.3 is 11.9 Å². The van der Waals surface area contributed by atoms with Gasteiger partial charge in [-0.05, 0) is 61.5 Å². The van der Waals surface area contributed by atoms with Crippen LogP contribution in [-0.2, 0) is 28.7 Å². The molecule has 0 aromatic carbocycles. The number of rotatable bonds is 32. The van der Waals surface area contributed by atoms with Gasteiger partial charge in [0.05, 0.1) is 13.2 Å². The highest BCUT2D eigenvalue weighted by atomic mass is 16.5. The minimum atomic E-state index is -0.534. The van der Waals surface area contributed by atoms with E-state index in [0.29, 0.717) is 62.9 Å². The second-order valence-corrected chi connectivity index (χ2v) is 16.1. The van der Waals surface area contributed by atoms with E-state index in [9.17, 15) is 19.2 Å². The van der Waals surface area contributed by atoms with E-state index in [1.54, 1.807) is 0 Å². The molecule has 0 saturated heterocycles. The summed E-state index contributed by atoms with van der Waals surface area (Å²) in [5, 5.41) is 0. The maximum absolute atomic E-state index is 13.3. The molecule has 1 aliphatic rings. The van der Waals surface area contributed by atoms with Crippen LogP contribution in [0.1, 0.15) is 208 Å². The van der Waals surface area contributed by atoms with Crippen LogP contribution < -0.4 is 0 Å². The topological polar surface area (TPSA) is 86.7 Å². The van der Waals surface area contributed by atoms with Crippen molar-refractivity contribution in [3.63, 3.8) is 0 Å². The van der Waals surface area contributed by atoms with Gasteiger partial charge in [-0.1, -0.05) is 157 Å². The molecule has 1 aliphatic carbocycles. The van der Waals surface area contributed by atoms with Crippen molar-refractivity contribution in [2.24, 2.45) is 10.8 Å². The van der Waals surface area contributed by atoms with Crippen LogP contribution in [0.15, 0.2) is 23.3 Å². The van der Waals surface area contributed by atoms with Crippen LogP contribution in [0.25, 0.3) is 0 Å². The molecular formula is C44H76O6. The van der Waals surface area contributed by atoms with Crippen LogP contribution in [-0.4, -0.2) is 36.7 Å². The number of esters is 2. The molecule has 0 bridgehead atoms.